The van der Waals surface area contributed by atoms with Crippen LogP contribution in [0, 0.1) is 6.92 Å². The maximum Gasteiger partial charge on any atom is 0.104 e. The molecular weight excluding hydrogens is 132 g/mol. The topological polar surface area (TPSA) is 13.1 Å². The molecule has 0 aromatic carbocycles. The van der Waals surface area contributed by atoms with Gasteiger partial charge in [0.05, 0.1) is 0 Å². The summed E-state index contributed by atoms with van der Waals surface area (Å²) in [6, 6.07) is 2.05. The fraction of sp³-hybridized carbons (Fsp3) is 0.429. The summed E-state index contributed by atoms with van der Waals surface area (Å²) in [5.41, 5.74) is 0. The summed E-state index contributed by atoms with van der Waals surface area (Å²) in [5.74, 6) is 2.10. The maximum absolute atomic E-state index is 5.10. The van der Waals surface area contributed by atoms with Crippen LogP contribution in [0.25, 0.3) is 0 Å². The molecule has 1 aromatic rings. The molecule has 0 fully saturated rings. The van der Waals surface area contributed by atoms with Crippen LogP contribution in [0.4, 0.5) is 0 Å². The summed E-state index contributed by atoms with van der Waals surface area (Å²) < 4.78 is 5.10. The fourth-order valence-electron chi connectivity index (χ4n) is 0.662. The SMILES string of the molecule is CCSc1coc(C)c1. The molecule has 1 nitrogen and oxygen atoms in total. The number of hydrogen-bond acceptors (Lipinski definition) is 2. The van der Waals surface area contributed by atoms with Crippen molar-refractivity contribution in [2.24, 2.45) is 0 Å². The van der Waals surface area contributed by atoms with Crippen LogP contribution in [0.3, 0.4) is 0 Å². The quantitative estimate of drug-likeness (QED) is 0.589. The minimum Gasteiger partial charge on any atom is -0.468 e. The first-order chi connectivity index (χ1) is 4.33. The fourth-order valence-corrected chi connectivity index (χ4v) is 1.36. The molecule has 0 aliphatic heterocycles. The van der Waals surface area contributed by atoms with Gasteiger partial charge in [0.15, 0.2) is 0 Å². The van der Waals surface area contributed by atoms with E-state index in [1.54, 1.807) is 18.0 Å². The third kappa shape index (κ3) is 1.79. The van der Waals surface area contributed by atoms with Crippen LogP contribution in [0.15, 0.2) is 21.6 Å². The van der Waals surface area contributed by atoms with Crippen LogP contribution in [-0.2, 0) is 0 Å². The van der Waals surface area contributed by atoms with E-state index < -0.39 is 0 Å². The van der Waals surface area contributed by atoms with E-state index in [4.69, 9.17) is 4.42 Å². The molecule has 0 aliphatic carbocycles. The highest BCUT2D eigenvalue weighted by Crippen LogP contribution is 2.19. The van der Waals surface area contributed by atoms with Gasteiger partial charge in [0, 0.05) is 4.90 Å². The Kier molecular flexibility index (Phi) is 2.22. The van der Waals surface area contributed by atoms with Crippen molar-refractivity contribution < 1.29 is 4.42 Å². The molecule has 0 radical (unpaired) electrons. The van der Waals surface area contributed by atoms with E-state index in [0.717, 1.165) is 11.5 Å². The minimum absolute atomic E-state index is 0.992. The van der Waals surface area contributed by atoms with Crippen LogP contribution in [-0.4, -0.2) is 5.75 Å². The number of aryl methyl sites for hydroxylation is 1. The van der Waals surface area contributed by atoms with Gasteiger partial charge in [-0.2, -0.15) is 0 Å². The Morgan fingerprint density at radius 1 is 1.67 bits per heavy atom. The molecule has 0 spiro atoms. The predicted octanol–water partition coefficient (Wildman–Crippen LogP) is 2.70. The molecular formula is C7H10OS. The highest BCUT2D eigenvalue weighted by Gasteiger charge is 1.94. The third-order valence-electron chi connectivity index (χ3n) is 1.02. The summed E-state index contributed by atoms with van der Waals surface area (Å²) in [7, 11) is 0. The van der Waals surface area contributed by atoms with Crippen molar-refractivity contribution >= 4 is 11.8 Å². The van der Waals surface area contributed by atoms with Gasteiger partial charge in [-0.05, 0) is 18.7 Å². The molecule has 2 heteroatoms. The molecule has 1 aromatic heterocycles. The molecule has 0 bridgehead atoms. The minimum atomic E-state index is 0.992. The Morgan fingerprint density at radius 2 is 2.44 bits per heavy atom. The van der Waals surface area contributed by atoms with E-state index in [1.165, 1.54) is 4.90 Å². The molecule has 0 aliphatic rings. The summed E-state index contributed by atoms with van der Waals surface area (Å²) in [6.45, 7) is 4.09. The number of hydrogen-bond donors (Lipinski definition) is 0. The summed E-state index contributed by atoms with van der Waals surface area (Å²) in [4.78, 5) is 1.23. The lowest BCUT2D eigenvalue weighted by Crippen LogP contribution is -1.63. The maximum atomic E-state index is 5.10. The summed E-state index contributed by atoms with van der Waals surface area (Å²) in [5, 5.41) is 0. The first-order valence-corrected chi connectivity index (χ1v) is 3.99. The van der Waals surface area contributed by atoms with E-state index in [9.17, 15) is 0 Å². The van der Waals surface area contributed by atoms with Gasteiger partial charge in [-0.3, -0.25) is 0 Å². The van der Waals surface area contributed by atoms with Crippen molar-refractivity contribution in [1.82, 2.24) is 0 Å². The van der Waals surface area contributed by atoms with Crippen LogP contribution in [0.5, 0.6) is 0 Å². The van der Waals surface area contributed by atoms with Crippen molar-refractivity contribution in [3.63, 3.8) is 0 Å². The highest BCUT2D eigenvalue weighted by atomic mass is 32.2. The zero-order chi connectivity index (χ0) is 6.69. The van der Waals surface area contributed by atoms with Gasteiger partial charge >= 0.3 is 0 Å². The van der Waals surface area contributed by atoms with Gasteiger partial charge in [-0.15, -0.1) is 11.8 Å². The predicted molar refractivity (Wildman–Crippen MR) is 39.8 cm³/mol. The van der Waals surface area contributed by atoms with Crippen molar-refractivity contribution in [3.05, 3.63) is 18.1 Å². The van der Waals surface area contributed by atoms with Gasteiger partial charge in [0.25, 0.3) is 0 Å². The second-order valence-corrected chi connectivity index (χ2v) is 3.16. The number of rotatable bonds is 2. The van der Waals surface area contributed by atoms with E-state index >= 15 is 0 Å². The molecule has 0 saturated carbocycles. The van der Waals surface area contributed by atoms with Crippen molar-refractivity contribution in [1.29, 1.82) is 0 Å². The molecule has 1 heterocycles. The highest BCUT2D eigenvalue weighted by molar-refractivity contribution is 7.99. The summed E-state index contributed by atoms with van der Waals surface area (Å²) in [6.07, 6.45) is 1.80. The largest absolute Gasteiger partial charge is 0.468 e. The Morgan fingerprint density at radius 3 is 2.89 bits per heavy atom. The molecule has 1 rings (SSSR count). The van der Waals surface area contributed by atoms with Gasteiger partial charge in [0.2, 0.25) is 0 Å². The van der Waals surface area contributed by atoms with Crippen molar-refractivity contribution in [2.45, 2.75) is 18.7 Å². The van der Waals surface area contributed by atoms with Crippen molar-refractivity contribution in [3.8, 4) is 0 Å². The summed E-state index contributed by atoms with van der Waals surface area (Å²) >= 11 is 1.80. The lowest BCUT2D eigenvalue weighted by Gasteiger charge is -1.85. The van der Waals surface area contributed by atoms with Crippen LogP contribution < -0.4 is 0 Å². The van der Waals surface area contributed by atoms with E-state index in [2.05, 4.69) is 6.92 Å². The second-order valence-electron chi connectivity index (χ2n) is 1.83. The average molecular weight is 142 g/mol. The van der Waals surface area contributed by atoms with Gasteiger partial charge in [-0.1, -0.05) is 6.92 Å². The van der Waals surface area contributed by atoms with E-state index in [-0.39, 0.29) is 0 Å². The monoisotopic (exact) mass is 142 g/mol. The van der Waals surface area contributed by atoms with E-state index in [0.29, 0.717) is 0 Å². The third-order valence-corrected chi connectivity index (χ3v) is 1.85. The van der Waals surface area contributed by atoms with Crippen LogP contribution in [0.1, 0.15) is 12.7 Å². The molecule has 50 valence electrons. The molecule has 9 heavy (non-hydrogen) atoms. The molecule has 0 unspecified atom stereocenters. The molecule has 0 saturated heterocycles. The van der Waals surface area contributed by atoms with Crippen LogP contribution in [0.2, 0.25) is 0 Å². The van der Waals surface area contributed by atoms with E-state index in [1.807, 2.05) is 13.0 Å². The number of furan rings is 1. The molecule has 0 atom stereocenters. The van der Waals surface area contributed by atoms with Gasteiger partial charge < -0.3 is 4.42 Å². The Hall–Kier alpha value is -0.370. The normalized spacial score (nSPS) is 10.0. The zero-order valence-corrected chi connectivity index (χ0v) is 6.49. The van der Waals surface area contributed by atoms with Crippen molar-refractivity contribution in [2.75, 3.05) is 5.75 Å². The molecule has 0 N–H and O–H groups in total. The Bertz CT molecular complexity index is 181. The lowest BCUT2D eigenvalue weighted by atomic mass is 10.5. The van der Waals surface area contributed by atoms with Gasteiger partial charge in [0.1, 0.15) is 12.0 Å². The second kappa shape index (κ2) is 2.97. The van der Waals surface area contributed by atoms with Gasteiger partial charge in [-0.25, -0.2) is 0 Å². The molecule has 0 amide bonds. The zero-order valence-electron chi connectivity index (χ0n) is 5.68. The lowest BCUT2D eigenvalue weighted by molar-refractivity contribution is 0.530. The first-order valence-electron chi connectivity index (χ1n) is 3.01. The number of thioether (sulfide) groups is 1. The average Bonchev–Trinajstić information content (AvgIpc) is 2.17. The first kappa shape index (κ1) is 6.75. The standard InChI is InChI=1S/C7H10OS/c1-3-9-7-4-6(2)8-5-7/h4-5H,3H2,1-2H3. The Balaban J connectivity index is 2.61. The Labute approximate surface area is 59.4 Å². The van der Waals surface area contributed by atoms with Crippen LogP contribution >= 0.6 is 11.8 Å². The smallest absolute Gasteiger partial charge is 0.104 e.